The maximum Gasteiger partial charge on any atom is 0.233 e. The maximum absolute atomic E-state index is 12.9. The molecule has 2 amide bonds. The molecule has 3 rings (SSSR count). The van der Waals surface area contributed by atoms with E-state index in [1.165, 1.54) is 24.6 Å². The first-order valence-electron chi connectivity index (χ1n) is 12.8. The van der Waals surface area contributed by atoms with Crippen LogP contribution in [0.2, 0.25) is 0 Å². The summed E-state index contributed by atoms with van der Waals surface area (Å²) in [6.07, 6.45) is 6.28. The summed E-state index contributed by atoms with van der Waals surface area (Å²) in [5.41, 5.74) is 3.86. The number of aromatic hydroxyl groups is 1. The minimum atomic E-state index is -0.798. The number of carbonyl (C=O) groups excluding carboxylic acids is 2. The number of allylic oxidation sites excluding steroid dienone is 2. The van der Waals surface area contributed by atoms with Crippen molar-refractivity contribution < 1.29 is 29.6 Å². The van der Waals surface area contributed by atoms with E-state index >= 15 is 0 Å². The van der Waals surface area contributed by atoms with Crippen LogP contribution in [0.5, 0.6) is 11.5 Å². The van der Waals surface area contributed by atoms with Crippen LogP contribution in [0.25, 0.3) is 6.08 Å². The van der Waals surface area contributed by atoms with Gasteiger partial charge in [0.25, 0.3) is 0 Å². The summed E-state index contributed by atoms with van der Waals surface area (Å²) in [6, 6.07) is 3.70. The molecule has 198 valence electrons. The number of phenols is 1. The number of hydrogen-bond donors (Lipinski definition) is 3. The highest BCUT2D eigenvalue weighted by Gasteiger charge is 2.53. The first-order chi connectivity index (χ1) is 17.2. The molecule has 8 heteroatoms. The first kappa shape index (κ1) is 28.7. The predicted molar refractivity (Wildman–Crippen MR) is 147 cm³/mol. The van der Waals surface area contributed by atoms with Crippen LogP contribution in [0.4, 0.5) is 0 Å². The molecule has 1 saturated heterocycles. The minimum absolute atomic E-state index is 0.120. The molecule has 0 bridgehead atoms. The number of benzene rings is 1. The lowest BCUT2D eigenvalue weighted by Gasteiger charge is -2.36. The van der Waals surface area contributed by atoms with Gasteiger partial charge in [-0.1, -0.05) is 43.9 Å². The van der Waals surface area contributed by atoms with Crippen molar-refractivity contribution in [1.82, 2.24) is 4.90 Å². The number of nitrogens with zero attached hydrogens (tertiary/aromatic N) is 1. The van der Waals surface area contributed by atoms with E-state index < -0.39 is 23.9 Å². The lowest BCUT2D eigenvalue weighted by Crippen LogP contribution is -2.39. The molecule has 1 aliphatic heterocycles. The van der Waals surface area contributed by atoms with Gasteiger partial charge in [-0.2, -0.15) is 0 Å². The molecule has 1 aliphatic carbocycles. The highest BCUT2D eigenvalue weighted by molar-refractivity contribution is 14.1. The van der Waals surface area contributed by atoms with E-state index in [0.29, 0.717) is 28.6 Å². The fourth-order valence-electron chi connectivity index (χ4n) is 5.79. The Morgan fingerprint density at radius 1 is 1.22 bits per heavy atom. The number of imide groups is 1. The number of hydrogen-bond acceptors (Lipinski definition) is 6. The topological polar surface area (TPSA) is 107 Å². The number of carbonyl (C=O) groups is 2. The second kappa shape index (κ2) is 12.6. The van der Waals surface area contributed by atoms with Gasteiger partial charge in [0.2, 0.25) is 11.8 Å². The number of methoxy groups -OCH3 is 1. The third-order valence-corrected chi connectivity index (χ3v) is 8.29. The molecule has 0 saturated carbocycles. The summed E-state index contributed by atoms with van der Waals surface area (Å²) < 4.78 is 5.99. The minimum Gasteiger partial charge on any atom is -0.504 e. The van der Waals surface area contributed by atoms with Gasteiger partial charge in [0.05, 0.1) is 35.2 Å². The van der Waals surface area contributed by atoms with Crippen LogP contribution in [0.15, 0.2) is 28.9 Å². The van der Waals surface area contributed by atoms with E-state index in [9.17, 15) is 24.9 Å². The zero-order chi connectivity index (χ0) is 26.6. The lowest BCUT2D eigenvalue weighted by atomic mass is 9.67. The van der Waals surface area contributed by atoms with E-state index in [0.717, 1.165) is 42.4 Å². The highest BCUT2D eigenvalue weighted by Crippen LogP contribution is 2.47. The van der Waals surface area contributed by atoms with Gasteiger partial charge in [-0.3, -0.25) is 14.5 Å². The molecular formula is C28H38INO6. The number of fused-ring (bicyclic) bond motifs is 1. The molecule has 0 radical (unpaired) electrons. The zero-order valence-corrected chi connectivity index (χ0v) is 23.7. The second-order valence-electron chi connectivity index (χ2n) is 9.83. The third kappa shape index (κ3) is 5.81. The van der Waals surface area contributed by atoms with E-state index in [2.05, 4.69) is 42.5 Å². The van der Waals surface area contributed by atoms with Crippen molar-refractivity contribution in [3.05, 3.63) is 38.0 Å². The molecule has 1 aromatic rings. The van der Waals surface area contributed by atoms with Crippen LogP contribution < -0.4 is 4.74 Å². The van der Waals surface area contributed by atoms with Crippen LogP contribution in [0.3, 0.4) is 0 Å². The van der Waals surface area contributed by atoms with Crippen LogP contribution in [-0.4, -0.2) is 58.9 Å². The van der Waals surface area contributed by atoms with Gasteiger partial charge in [0.1, 0.15) is 0 Å². The molecule has 1 heterocycles. The zero-order valence-electron chi connectivity index (χ0n) is 21.6. The Labute approximate surface area is 227 Å². The van der Waals surface area contributed by atoms with E-state index in [1.54, 1.807) is 6.07 Å². The quantitative estimate of drug-likeness (QED) is 0.191. The van der Waals surface area contributed by atoms with Crippen molar-refractivity contribution in [2.75, 3.05) is 20.8 Å². The second-order valence-corrected chi connectivity index (χ2v) is 11.0. The number of amides is 2. The molecular weight excluding hydrogens is 573 g/mol. The molecule has 3 N–H and O–H groups in total. The van der Waals surface area contributed by atoms with Crippen molar-refractivity contribution in [2.24, 2.45) is 17.8 Å². The molecule has 2 aliphatic rings. The number of likely N-dealkylation sites (tertiary alicyclic amines) is 1. The summed E-state index contributed by atoms with van der Waals surface area (Å²) in [4.78, 5) is 26.7. The fourth-order valence-corrected chi connectivity index (χ4v) is 6.42. The van der Waals surface area contributed by atoms with Gasteiger partial charge in [-0.05, 0) is 78.0 Å². The average molecular weight is 612 g/mol. The lowest BCUT2D eigenvalue weighted by molar-refractivity contribution is -0.138. The van der Waals surface area contributed by atoms with Crippen LogP contribution in [-0.2, 0) is 9.59 Å². The smallest absolute Gasteiger partial charge is 0.233 e. The predicted octanol–water partition coefficient (Wildman–Crippen LogP) is 4.67. The molecule has 36 heavy (non-hydrogen) atoms. The van der Waals surface area contributed by atoms with Crippen LogP contribution in [0, 0.1) is 21.3 Å². The number of rotatable bonds is 11. The van der Waals surface area contributed by atoms with E-state index in [1.807, 2.05) is 6.07 Å². The molecule has 0 unspecified atom stereocenters. The van der Waals surface area contributed by atoms with Crippen LogP contribution >= 0.6 is 22.6 Å². The Morgan fingerprint density at radius 2 is 1.94 bits per heavy atom. The van der Waals surface area contributed by atoms with Gasteiger partial charge in [0, 0.05) is 13.0 Å². The highest BCUT2D eigenvalue weighted by atomic mass is 127. The van der Waals surface area contributed by atoms with Gasteiger partial charge >= 0.3 is 0 Å². The molecule has 7 nitrogen and oxygen atoms in total. The normalized spacial score (nSPS) is 23.4. The van der Waals surface area contributed by atoms with Crippen LogP contribution in [0.1, 0.15) is 64.4 Å². The number of aliphatic hydroxyl groups excluding tert-OH is 2. The Bertz CT molecular complexity index is 1050. The van der Waals surface area contributed by atoms with Crippen molar-refractivity contribution in [3.8, 4) is 11.5 Å². The maximum atomic E-state index is 12.9. The SMILES string of the molecule is CCCC1=C([C@H](O)CC/C(=C/c2cc(I)c(O)c(OC)c2)CCC)[C@H](CO)[C@@H]2C(=O)N(C)C(=O)[C@@H]2C1. The Balaban J connectivity index is 1.87. The molecule has 0 aromatic heterocycles. The first-order valence-corrected chi connectivity index (χ1v) is 13.8. The number of halogens is 1. The summed E-state index contributed by atoms with van der Waals surface area (Å²) in [5, 5.41) is 31.9. The van der Waals surface area contributed by atoms with Gasteiger partial charge in [0.15, 0.2) is 11.5 Å². The Hall–Kier alpha value is -1.91. The average Bonchev–Trinajstić information content (AvgIpc) is 3.07. The number of aliphatic hydroxyl groups is 2. The standard InChI is InChI=1S/C28H38INO6/c1-5-7-16(11-17-12-21(29)26(33)23(13-17)36-4)9-10-22(32)24-18(8-6-2)14-19-25(20(24)15-31)28(35)30(3)27(19)34/h11-13,19-20,22,25,31-33H,5-10,14-15H2,1-4H3/b16-11+/t19-,20+,22-,25-/m1/s1. The molecule has 0 spiro atoms. The Morgan fingerprint density at radius 3 is 2.56 bits per heavy atom. The summed E-state index contributed by atoms with van der Waals surface area (Å²) >= 11 is 2.08. The third-order valence-electron chi connectivity index (χ3n) is 7.46. The Kier molecular flexibility index (Phi) is 10.00. The van der Waals surface area contributed by atoms with Gasteiger partial charge < -0.3 is 20.1 Å². The number of ether oxygens (including phenoxy) is 1. The van der Waals surface area contributed by atoms with Gasteiger partial charge in [-0.25, -0.2) is 0 Å². The molecule has 1 aromatic carbocycles. The summed E-state index contributed by atoms with van der Waals surface area (Å²) in [5.74, 6) is -1.49. The van der Waals surface area contributed by atoms with Crippen molar-refractivity contribution in [2.45, 2.75) is 64.9 Å². The largest absolute Gasteiger partial charge is 0.504 e. The summed E-state index contributed by atoms with van der Waals surface area (Å²) in [6.45, 7) is 3.90. The number of phenolic OH excluding ortho intramolecular Hbond substituents is 1. The van der Waals surface area contributed by atoms with E-state index in [-0.39, 0.29) is 24.2 Å². The van der Waals surface area contributed by atoms with Gasteiger partial charge in [-0.15, -0.1) is 0 Å². The molecule has 4 atom stereocenters. The summed E-state index contributed by atoms with van der Waals surface area (Å²) in [7, 11) is 3.03. The van der Waals surface area contributed by atoms with Crippen molar-refractivity contribution in [1.29, 1.82) is 0 Å². The monoisotopic (exact) mass is 611 g/mol. The van der Waals surface area contributed by atoms with Crippen molar-refractivity contribution >= 4 is 40.5 Å². The van der Waals surface area contributed by atoms with E-state index in [4.69, 9.17) is 4.74 Å². The van der Waals surface area contributed by atoms with Crippen molar-refractivity contribution in [3.63, 3.8) is 0 Å². The fraction of sp³-hybridized carbons (Fsp3) is 0.571. The molecule has 1 fully saturated rings.